The second-order valence-corrected chi connectivity index (χ2v) is 6.17. The highest BCUT2D eigenvalue weighted by molar-refractivity contribution is 7.07. The van der Waals surface area contributed by atoms with Crippen molar-refractivity contribution in [1.29, 1.82) is 0 Å². The van der Waals surface area contributed by atoms with Crippen LogP contribution < -0.4 is 10.2 Å². The highest BCUT2D eigenvalue weighted by Crippen LogP contribution is 2.10. The summed E-state index contributed by atoms with van der Waals surface area (Å²) in [7, 11) is 0. The molecule has 23 heavy (non-hydrogen) atoms. The summed E-state index contributed by atoms with van der Waals surface area (Å²) in [5, 5.41) is 4.67. The molecule has 2 heterocycles. The van der Waals surface area contributed by atoms with E-state index in [1.54, 1.807) is 4.57 Å². The Morgan fingerprint density at radius 2 is 2.22 bits per heavy atom. The molecule has 0 atom stereocenters. The number of nitrogens with one attached hydrogen (secondary N) is 2. The van der Waals surface area contributed by atoms with Crippen molar-refractivity contribution in [3.05, 3.63) is 50.8 Å². The topological polar surface area (TPSA) is 79.8 Å². The first-order valence-electron chi connectivity index (χ1n) is 7.49. The van der Waals surface area contributed by atoms with Crippen LogP contribution in [0.2, 0.25) is 0 Å². The zero-order chi connectivity index (χ0) is 16.2. The average molecular weight is 330 g/mol. The van der Waals surface area contributed by atoms with Gasteiger partial charge in [-0.15, -0.1) is 0 Å². The lowest BCUT2D eigenvalue weighted by Crippen LogP contribution is -2.28. The Balaban J connectivity index is 1.46. The van der Waals surface area contributed by atoms with Crippen LogP contribution in [0.5, 0.6) is 0 Å². The van der Waals surface area contributed by atoms with Gasteiger partial charge in [0.15, 0.2) is 0 Å². The standard InChI is InChI=1S/C16H18N4O2S/c1-11-10-23-16(22)20(11)9-7-15(21)17-8-6-14-18-12-4-2-3-5-13(12)19-14/h2-5,10H,6-9H2,1H3,(H,17,21)(H,18,19). The van der Waals surface area contributed by atoms with E-state index < -0.39 is 0 Å². The lowest BCUT2D eigenvalue weighted by Gasteiger charge is -2.05. The molecule has 0 radical (unpaired) electrons. The number of amides is 1. The van der Waals surface area contributed by atoms with E-state index in [0.29, 0.717) is 25.9 Å². The number of nitrogens with zero attached hydrogens (tertiary/aromatic N) is 2. The van der Waals surface area contributed by atoms with E-state index in [4.69, 9.17) is 0 Å². The number of para-hydroxylation sites is 2. The number of aromatic amines is 1. The van der Waals surface area contributed by atoms with E-state index in [9.17, 15) is 9.59 Å². The Morgan fingerprint density at radius 3 is 2.96 bits per heavy atom. The van der Waals surface area contributed by atoms with Crippen molar-refractivity contribution in [1.82, 2.24) is 19.9 Å². The molecule has 0 bridgehead atoms. The number of thiazole rings is 1. The summed E-state index contributed by atoms with van der Waals surface area (Å²) in [6.07, 6.45) is 0.954. The van der Waals surface area contributed by atoms with Gasteiger partial charge in [0, 0.05) is 37.0 Å². The van der Waals surface area contributed by atoms with Gasteiger partial charge in [0.05, 0.1) is 11.0 Å². The molecule has 0 spiro atoms. The van der Waals surface area contributed by atoms with Gasteiger partial charge >= 0.3 is 4.87 Å². The first-order chi connectivity index (χ1) is 11.1. The molecule has 2 N–H and O–H groups in total. The second-order valence-electron chi connectivity index (χ2n) is 5.35. The molecule has 0 aliphatic carbocycles. The first-order valence-corrected chi connectivity index (χ1v) is 8.37. The number of benzene rings is 1. The van der Waals surface area contributed by atoms with Crippen LogP contribution >= 0.6 is 11.3 Å². The minimum Gasteiger partial charge on any atom is -0.356 e. The summed E-state index contributed by atoms with van der Waals surface area (Å²) in [6.45, 7) is 2.82. The van der Waals surface area contributed by atoms with Crippen LogP contribution in [0.4, 0.5) is 0 Å². The molecular formula is C16H18N4O2S. The van der Waals surface area contributed by atoms with Crippen LogP contribution in [-0.2, 0) is 17.8 Å². The molecule has 2 aromatic heterocycles. The summed E-state index contributed by atoms with van der Waals surface area (Å²) in [5.41, 5.74) is 2.83. The Bertz CT molecular complexity index is 844. The third-order valence-corrected chi connectivity index (χ3v) is 4.54. The van der Waals surface area contributed by atoms with Gasteiger partial charge in [-0.05, 0) is 19.1 Å². The molecule has 0 saturated carbocycles. The number of hydrogen-bond donors (Lipinski definition) is 2. The minimum absolute atomic E-state index is 0.0161. The molecule has 3 aromatic rings. The van der Waals surface area contributed by atoms with E-state index in [1.165, 1.54) is 0 Å². The second kappa shape index (κ2) is 6.78. The maximum Gasteiger partial charge on any atom is 0.307 e. The number of H-pyrrole nitrogens is 1. The molecule has 0 saturated heterocycles. The van der Waals surface area contributed by atoms with Gasteiger partial charge in [-0.1, -0.05) is 23.5 Å². The summed E-state index contributed by atoms with van der Waals surface area (Å²) in [6, 6.07) is 7.84. The predicted molar refractivity (Wildman–Crippen MR) is 90.7 cm³/mol. The summed E-state index contributed by atoms with van der Waals surface area (Å²) < 4.78 is 1.63. The van der Waals surface area contributed by atoms with Crippen LogP contribution in [0.25, 0.3) is 11.0 Å². The van der Waals surface area contributed by atoms with Crippen molar-refractivity contribution < 1.29 is 4.79 Å². The third kappa shape index (κ3) is 3.68. The lowest BCUT2D eigenvalue weighted by molar-refractivity contribution is -0.121. The van der Waals surface area contributed by atoms with Gasteiger partial charge in [0.1, 0.15) is 5.82 Å². The molecule has 120 valence electrons. The summed E-state index contributed by atoms with van der Waals surface area (Å²) in [5.74, 6) is 0.801. The molecule has 3 rings (SSSR count). The van der Waals surface area contributed by atoms with Crippen LogP contribution in [-0.4, -0.2) is 27.0 Å². The number of carbonyl (C=O) groups excluding carboxylic acids is 1. The molecule has 0 aliphatic rings. The Kier molecular flexibility index (Phi) is 4.57. The fourth-order valence-corrected chi connectivity index (χ4v) is 3.18. The number of aryl methyl sites for hydroxylation is 1. The van der Waals surface area contributed by atoms with E-state index >= 15 is 0 Å². The van der Waals surface area contributed by atoms with Crippen molar-refractivity contribution in [2.45, 2.75) is 26.3 Å². The smallest absolute Gasteiger partial charge is 0.307 e. The van der Waals surface area contributed by atoms with E-state index in [1.807, 2.05) is 36.6 Å². The molecule has 7 heteroatoms. The van der Waals surface area contributed by atoms with Gasteiger partial charge in [0.25, 0.3) is 0 Å². The van der Waals surface area contributed by atoms with Crippen LogP contribution in [0.3, 0.4) is 0 Å². The molecule has 6 nitrogen and oxygen atoms in total. The first kappa shape index (κ1) is 15.5. The van der Waals surface area contributed by atoms with Crippen molar-refractivity contribution in [3.63, 3.8) is 0 Å². The van der Waals surface area contributed by atoms with Gasteiger partial charge in [0.2, 0.25) is 5.91 Å². The van der Waals surface area contributed by atoms with Gasteiger partial charge in [-0.25, -0.2) is 4.98 Å². The Labute approximate surface area is 137 Å². The zero-order valence-corrected chi connectivity index (χ0v) is 13.7. The quantitative estimate of drug-likeness (QED) is 0.724. The number of aromatic nitrogens is 3. The minimum atomic E-state index is -0.0568. The SMILES string of the molecule is Cc1csc(=O)n1CCC(=O)NCCc1nc2ccccc2[nH]1. The van der Waals surface area contributed by atoms with Crippen molar-refractivity contribution in [2.24, 2.45) is 0 Å². The summed E-state index contributed by atoms with van der Waals surface area (Å²) >= 11 is 1.16. The number of imidazole rings is 1. The molecule has 0 aliphatic heterocycles. The molecule has 1 amide bonds. The van der Waals surface area contributed by atoms with E-state index in [2.05, 4.69) is 15.3 Å². The van der Waals surface area contributed by atoms with Crippen LogP contribution in [0.1, 0.15) is 17.9 Å². The predicted octanol–water partition coefficient (Wildman–Crippen LogP) is 1.84. The van der Waals surface area contributed by atoms with Crippen molar-refractivity contribution >= 4 is 28.3 Å². The molecule has 0 fully saturated rings. The van der Waals surface area contributed by atoms with Crippen molar-refractivity contribution in [2.75, 3.05) is 6.54 Å². The molecule has 0 unspecified atom stereocenters. The number of fused-ring (bicyclic) bond motifs is 1. The number of carbonyl (C=O) groups is 1. The van der Waals surface area contributed by atoms with E-state index in [-0.39, 0.29) is 10.8 Å². The normalized spacial score (nSPS) is 11.0. The van der Waals surface area contributed by atoms with Crippen LogP contribution in [0.15, 0.2) is 34.4 Å². The van der Waals surface area contributed by atoms with Gasteiger partial charge in [-0.3, -0.25) is 9.59 Å². The van der Waals surface area contributed by atoms with Crippen LogP contribution in [0, 0.1) is 6.92 Å². The highest BCUT2D eigenvalue weighted by Gasteiger charge is 2.07. The maximum absolute atomic E-state index is 11.9. The van der Waals surface area contributed by atoms with E-state index in [0.717, 1.165) is 33.9 Å². The monoisotopic (exact) mass is 330 g/mol. The highest BCUT2D eigenvalue weighted by atomic mass is 32.1. The lowest BCUT2D eigenvalue weighted by atomic mass is 10.3. The summed E-state index contributed by atoms with van der Waals surface area (Å²) in [4.78, 5) is 31.1. The number of rotatable bonds is 6. The van der Waals surface area contributed by atoms with Gasteiger partial charge < -0.3 is 14.9 Å². The Morgan fingerprint density at radius 1 is 1.39 bits per heavy atom. The zero-order valence-electron chi connectivity index (χ0n) is 12.8. The van der Waals surface area contributed by atoms with Gasteiger partial charge in [-0.2, -0.15) is 0 Å². The van der Waals surface area contributed by atoms with Crippen molar-refractivity contribution in [3.8, 4) is 0 Å². The number of hydrogen-bond acceptors (Lipinski definition) is 4. The average Bonchev–Trinajstić information content (AvgIpc) is 3.08. The molecule has 1 aromatic carbocycles. The third-order valence-electron chi connectivity index (χ3n) is 3.66. The maximum atomic E-state index is 11.9. The largest absolute Gasteiger partial charge is 0.356 e. The molecular weight excluding hydrogens is 312 g/mol. The fraction of sp³-hybridized carbons (Fsp3) is 0.312. The fourth-order valence-electron chi connectivity index (χ4n) is 2.42. The Hall–Kier alpha value is -2.41.